The number of fused-ring (bicyclic) bond motifs is 1. The van der Waals surface area contributed by atoms with Crippen LogP contribution in [0.15, 0.2) is 11.4 Å². The Kier molecular flexibility index (Phi) is 3.27. The zero-order valence-electron chi connectivity index (χ0n) is 9.95. The molecule has 0 saturated carbocycles. The van der Waals surface area contributed by atoms with E-state index < -0.39 is 0 Å². The number of nitrogens with one attached hydrogen (secondary N) is 1. The van der Waals surface area contributed by atoms with Gasteiger partial charge in [0.05, 0.1) is 10.7 Å². The fourth-order valence-corrected chi connectivity index (χ4v) is 4.12. The van der Waals surface area contributed by atoms with E-state index in [2.05, 4.69) is 28.7 Å². The van der Waals surface area contributed by atoms with Crippen molar-refractivity contribution in [2.75, 3.05) is 0 Å². The summed E-state index contributed by atoms with van der Waals surface area (Å²) in [4.78, 5) is 7.54. The van der Waals surface area contributed by atoms with Crippen molar-refractivity contribution in [3.63, 3.8) is 0 Å². The summed E-state index contributed by atoms with van der Waals surface area (Å²) in [6.07, 6.45) is 3.94. The van der Waals surface area contributed by atoms with E-state index >= 15 is 0 Å². The van der Waals surface area contributed by atoms with E-state index in [1.165, 1.54) is 24.1 Å². The third kappa shape index (κ3) is 2.59. The lowest BCUT2D eigenvalue weighted by atomic mass is 10.2. The van der Waals surface area contributed by atoms with Gasteiger partial charge in [-0.15, -0.1) is 22.7 Å². The molecule has 2 heterocycles. The van der Waals surface area contributed by atoms with Crippen molar-refractivity contribution in [2.24, 2.45) is 0 Å². The van der Waals surface area contributed by atoms with Crippen molar-refractivity contribution in [2.45, 2.75) is 39.3 Å². The van der Waals surface area contributed by atoms with Gasteiger partial charge in [-0.3, -0.25) is 0 Å². The van der Waals surface area contributed by atoms with Gasteiger partial charge in [0.2, 0.25) is 0 Å². The second kappa shape index (κ2) is 4.88. The second-order valence-electron chi connectivity index (χ2n) is 4.48. The Labute approximate surface area is 110 Å². The van der Waals surface area contributed by atoms with Gasteiger partial charge in [-0.2, -0.15) is 0 Å². The minimum Gasteiger partial charge on any atom is -0.306 e. The van der Waals surface area contributed by atoms with Crippen molar-refractivity contribution < 1.29 is 0 Å². The van der Waals surface area contributed by atoms with Crippen molar-refractivity contribution in [3.8, 4) is 0 Å². The molecule has 3 rings (SSSR count). The standard InChI is InChI=1S/C13H16N2S2/c1-9-15-11(8-16-9)6-14-7-12-5-10-3-2-4-13(10)17-12/h5,8,14H,2-4,6-7H2,1H3. The highest BCUT2D eigenvalue weighted by molar-refractivity contribution is 7.12. The monoisotopic (exact) mass is 264 g/mol. The van der Waals surface area contributed by atoms with E-state index in [-0.39, 0.29) is 0 Å². The SMILES string of the molecule is Cc1nc(CNCc2cc3c(s2)CCC3)cs1. The highest BCUT2D eigenvalue weighted by Gasteiger charge is 2.14. The van der Waals surface area contributed by atoms with Crippen LogP contribution in [0.2, 0.25) is 0 Å². The summed E-state index contributed by atoms with van der Waals surface area (Å²) in [6.45, 7) is 3.92. The highest BCUT2D eigenvalue weighted by atomic mass is 32.1. The third-order valence-corrected chi connectivity index (χ3v) is 5.13. The summed E-state index contributed by atoms with van der Waals surface area (Å²) in [7, 11) is 0. The van der Waals surface area contributed by atoms with Gasteiger partial charge in [0.1, 0.15) is 0 Å². The van der Waals surface area contributed by atoms with Crippen molar-refractivity contribution >= 4 is 22.7 Å². The van der Waals surface area contributed by atoms with E-state index in [9.17, 15) is 0 Å². The van der Waals surface area contributed by atoms with Gasteiger partial charge < -0.3 is 5.32 Å². The van der Waals surface area contributed by atoms with Crippen LogP contribution in [0, 0.1) is 6.92 Å². The molecule has 2 aromatic rings. The van der Waals surface area contributed by atoms with Gasteiger partial charge in [0.15, 0.2) is 0 Å². The molecular formula is C13H16N2S2. The first-order valence-electron chi connectivity index (χ1n) is 6.03. The molecule has 2 nitrogen and oxygen atoms in total. The van der Waals surface area contributed by atoms with E-state index in [0.717, 1.165) is 23.8 Å². The van der Waals surface area contributed by atoms with Gasteiger partial charge >= 0.3 is 0 Å². The zero-order valence-corrected chi connectivity index (χ0v) is 11.6. The van der Waals surface area contributed by atoms with Crippen LogP contribution >= 0.6 is 22.7 Å². The molecule has 0 amide bonds. The van der Waals surface area contributed by atoms with E-state index in [1.54, 1.807) is 21.8 Å². The molecular weight excluding hydrogens is 248 g/mol. The molecule has 0 unspecified atom stereocenters. The smallest absolute Gasteiger partial charge is 0.0897 e. The summed E-state index contributed by atoms with van der Waals surface area (Å²) in [5.74, 6) is 0. The molecule has 1 N–H and O–H groups in total. The van der Waals surface area contributed by atoms with Crippen molar-refractivity contribution in [3.05, 3.63) is 37.5 Å². The Bertz CT molecular complexity index is 492. The van der Waals surface area contributed by atoms with E-state index in [1.807, 2.05) is 11.3 Å². The number of nitrogens with zero attached hydrogens (tertiary/aromatic N) is 1. The number of aromatic nitrogens is 1. The predicted molar refractivity (Wildman–Crippen MR) is 73.7 cm³/mol. The van der Waals surface area contributed by atoms with E-state index in [4.69, 9.17) is 0 Å². The van der Waals surface area contributed by atoms with Crippen LogP contribution in [-0.2, 0) is 25.9 Å². The first-order valence-corrected chi connectivity index (χ1v) is 7.73. The Morgan fingerprint density at radius 1 is 1.35 bits per heavy atom. The molecule has 0 bridgehead atoms. The van der Waals surface area contributed by atoms with E-state index in [0.29, 0.717) is 0 Å². The molecule has 2 aromatic heterocycles. The Morgan fingerprint density at radius 2 is 2.29 bits per heavy atom. The van der Waals surface area contributed by atoms with Crippen LogP contribution in [0.1, 0.15) is 32.4 Å². The molecule has 90 valence electrons. The zero-order chi connectivity index (χ0) is 11.7. The van der Waals surface area contributed by atoms with Crippen molar-refractivity contribution in [1.82, 2.24) is 10.3 Å². The molecule has 1 aliphatic rings. The highest BCUT2D eigenvalue weighted by Crippen LogP contribution is 2.30. The maximum absolute atomic E-state index is 4.45. The average molecular weight is 264 g/mol. The number of thiophene rings is 1. The summed E-state index contributed by atoms with van der Waals surface area (Å²) in [5, 5.41) is 6.76. The largest absolute Gasteiger partial charge is 0.306 e. The minimum atomic E-state index is 0.882. The molecule has 0 radical (unpaired) electrons. The maximum Gasteiger partial charge on any atom is 0.0897 e. The molecule has 0 aromatic carbocycles. The van der Waals surface area contributed by atoms with Gasteiger partial charge in [-0.05, 0) is 37.8 Å². The minimum absolute atomic E-state index is 0.882. The fraction of sp³-hybridized carbons (Fsp3) is 0.462. The fourth-order valence-electron chi connectivity index (χ4n) is 2.28. The molecule has 0 atom stereocenters. The quantitative estimate of drug-likeness (QED) is 0.916. The normalized spacial score (nSPS) is 14.2. The summed E-state index contributed by atoms with van der Waals surface area (Å²) >= 11 is 3.70. The van der Waals surface area contributed by atoms with Gasteiger partial charge in [-0.25, -0.2) is 4.98 Å². The molecule has 0 saturated heterocycles. The Balaban J connectivity index is 1.54. The average Bonchev–Trinajstić information content (AvgIpc) is 2.94. The molecule has 4 heteroatoms. The lowest BCUT2D eigenvalue weighted by Gasteiger charge is -2.00. The van der Waals surface area contributed by atoms with Crippen LogP contribution in [0.5, 0.6) is 0 Å². The first-order chi connectivity index (χ1) is 8.31. The van der Waals surface area contributed by atoms with Gasteiger partial charge in [-0.1, -0.05) is 0 Å². The van der Waals surface area contributed by atoms with Crippen LogP contribution in [0.25, 0.3) is 0 Å². The van der Waals surface area contributed by atoms with Crippen LogP contribution in [-0.4, -0.2) is 4.98 Å². The van der Waals surface area contributed by atoms with Crippen LogP contribution in [0.3, 0.4) is 0 Å². The summed E-state index contributed by atoms with van der Waals surface area (Å²) in [5.41, 5.74) is 2.76. The predicted octanol–water partition coefficient (Wildman–Crippen LogP) is 3.29. The molecule has 0 fully saturated rings. The summed E-state index contributed by atoms with van der Waals surface area (Å²) < 4.78 is 0. The van der Waals surface area contributed by atoms with Gasteiger partial charge in [0, 0.05) is 28.2 Å². The van der Waals surface area contributed by atoms with Gasteiger partial charge in [0.25, 0.3) is 0 Å². The maximum atomic E-state index is 4.45. The first kappa shape index (κ1) is 11.4. The molecule has 1 aliphatic carbocycles. The van der Waals surface area contributed by atoms with Crippen molar-refractivity contribution in [1.29, 1.82) is 0 Å². The number of thiazole rings is 1. The number of aryl methyl sites for hydroxylation is 3. The number of hydrogen-bond donors (Lipinski definition) is 1. The van der Waals surface area contributed by atoms with Crippen LogP contribution in [0.4, 0.5) is 0 Å². The lowest BCUT2D eigenvalue weighted by molar-refractivity contribution is 0.688. The second-order valence-corrected chi connectivity index (χ2v) is 6.76. The number of hydrogen-bond acceptors (Lipinski definition) is 4. The molecule has 0 spiro atoms. The topological polar surface area (TPSA) is 24.9 Å². The summed E-state index contributed by atoms with van der Waals surface area (Å²) in [6, 6.07) is 2.38. The number of rotatable bonds is 4. The Hall–Kier alpha value is -0.710. The lowest BCUT2D eigenvalue weighted by Crippen LogP contribution is -2.11. The Morgan fingerprint density at radius 3 is 3.06 bits per heavy atom. The molecule has 0 aliphatic heterocycles. The third-order valence-electron chi connectivity index (χ3n) is 3.07. The molecule has 17 heavy (non-hydrogen) atoms. The van der Waals surface area contributed by atoms with Crippen LogP contribution < -0.4 is 5.32 Å².